The molecule has 2 N–H and O–H groups in total. The fourth-order valence-corrected chi connectivity index (χ4v) is 2.46. The minimum atomic E-state index is 0.700. The van der Waals surface area contributed by atoms with Crippen molar-refractivity contribution >= 4 is 17.0 Å². The van der Waals surface area contributed by atoms with Gasteiger partial charge >= 0.3 is 0 Å². The Kier molecular flexibility index (Phi) is 3.69. The van der Waals surface area contributed by atoms with Gasteiger partial charge in [0.25, 0.3) is 0 Å². The lowest BCUT2D eigenvalue weighted by Gasteiger charge is -2.13. The van der Waals surface area contributed by atoms with Crippen molar-refractivity contribution in [3.63, 3.8) is 0 Å². The first-order valence-electron chi connectivity index (χ1n) is 5.69. The Morgan fingerprint density at radius 2 is 2.06 bits per heavy atom. The topological polar surface area (TPSA) is 35.2 Å². The first-order valence-corrected chi connectivity index (χ1v) is 6.57. The second-order valence-corrected chi connectivity index (χ2v) is 5.14. The highest BCUT2D eigenvalue weighted by Crippen LogP contribution is 2.27. The molecule has 0 atom stereocenters. The Morgan fingerprint density at radius 1 is 1.24 bits per heavy atom. The molecule has 0 saturated carbocycles. The molecule has 1 aromatic carbocycles. The summed E-state index contributed by atoms with van der Waals surface area (Å²) < 4.78 is 5.85. The van der Waals surface area contributed by atoms with Crippen molar-refractivity contribution in [2.45, 2.75) is 20.3 Å². The molecule has 0 spiro atoms. The molecule has 0 aliphatic rings. The molecular weight excluding hydrogens is 230 g/mol. The fourth-order valence-electron chi connectivity index (χ4n) is 1.77. The molecule has 0 unspecified atom stereocenters. The Morgan fingerprint density at radius 3 is 2.76 bits per heavy atom. The maximum atomic E-state index is 5.88. The highest BCUT2D eigenvalue weighted by Gasteiger charge is 2.06. The van der Waals surface area contributed by atoms with E-state index in [1.807, 2.05) is 26.0 Å². The lowest BCUT2D eigenvalue weighted by atomic mass is 10.1. The van der Waals surface area contributed by atoms with E-state index in [4.69, 9.17) is 10.5 Å². The zero-order valence-corrected chi connectivity index (χ0v) is 11.0. The quantitative estimate of drug-likeness (QED) is 0.838. The van der Waals surface area contributed by atoms with E-state index in [2.05, 4.69) is 17.5 Å². The molecule has 3 heteroatoms. The predicted molar refractivity (Wildman–Crippen MR) is 73.8 cm³/mol. The first-order chi connectivity index (χ1) is 8.18. The third kappa shape index (κ3) is 2.80. The van der Waals surface area contributed by atoms with Crippen molar-refractivity contribution in [2.24, 2.45) is 0 Å². The molecule has 0 fully saturated rings. The molecule has 17 heavy (non-hydrogen) atoms. The van der Waals surface area contributed by atoms with E-state index in [-0.39, 0.29) is 0 Å². The van der Waals surface area contributed by atoms with Gasteiger partial charge in [0, 0.05) is 22.5 Å². The van der Waals surface area contributed by atoms with Crippen molar-refractivity contribution in [1.29, 1.82) is 0 Å². The van der Waals surface area contributed by atoms with Crippen molar-refractivity contribution in [3.8, 4) is 5.75 Å². The van der Waals surface area contributed by atoms with Gasteiger partial charge in [-0.05, 0) is 36.9 Å². The molecule has 2 nitrogen and oxygen atoms in total. The van der Waals surface area contributed by atoms with Crippen LogP contribution in [-0.2, 0) is 6.42 Å². The average molecular weight is 247 g/mol. The van der Waals surface area contributed by atoms with Gasteiger partial charge in [-0.3, -0.25) is 0 Å². The average Bonchev–Trinajstić information content (AvgIpc) is 2.81. The molecule has 0 bridgehead atoms. The Labute approximate surface area is 106 Å². The van der Waals surface area contributed by atoms with Crippen LogP contribution in [0.1, 0.15) is 16.0 Å². The number of aryl methyl sites for hydroxylation is 1. The van der Waals surface area contributed by atoms with Crippen LogP contribution in [0.4, 0.5) is 5.69 Å². The summed E-state index contributed by atoms with van der Waals surface area (Å²) in [5, 5.41) is 2.09. The molecule has 0 saturated heterocycles. The molecule has 0 amide bonds. The van der Waals surface area contributed by atoms with Gasteiger partial charge < -0.3 is 10.5 Å². The SMILES string of the molecule is Cc1ccc(N)c(C)c1OCCc1cccs1. The maximum Gasteiger partial charge on any atom is 0.127 e. The minimum absolute atomic E-state index is 0.700. The van der Waals surface area contributed by atoms with Crippen LogP contribution in [-0.4, -0.2) is 6.61 Å². The van der Waals surface area contributed by atoms with Crippen LogP contribution >= 0.6 is 11.3 Å². The van der Waals surface area contributed by atoms with Gasteiger partial charge in [-0.1, -0.05) is 12.1 Å². The van der Waals surface area contributed by atoms with Gasteiger partial charge in [-0.15, -0.1) is 11.3 Å². The summed E-state index contributed by atoms with van der Waals surface area (Å²) in [6.07, 6.45) is 0.950. The smallest absolute Gasteiger partial charge is 0.127 e. The minimum Gasteiger partial charge on any atom is -0.493 e. The summed E-state index contributed by atoms with van der Waals surface area (Å²) in [6, 6.07) is 8.13. The fraction of sp³-hybridized carbons (Fsp3) is 0.286. The lowest BCUT2D eigenvalue weighted by Crippen LogP contribution is -2.04. The number of hydrogen-bond acceptors (Lipinski definition) is 3. The molecule has 0 aliphatic heterocycles. The first kappa shape index (κ1) is 12.0. The number of benzene rings is 1. The monoisotopic (exact) mass is 247 g/mol. The van der Waals surface area contributed by atoms with Gasteiger partial charge in [-0.25, -0.2) is 0 Å². The number of thiophene rings is 1. The van der Waals surface area contributed by atoms with E-state index < -0.39 is 0 Å². The zero-order valence-electron chi connectivity index (χ0n) is 10.2. The lowest BCUT2D eigenvalue weighted by molar-refractivity contribution is 0.319. The number of rotatable bonds is 4. The van der Waals surface area contributed by atoms with Crippen molar-refractivity contribution in [3.05, 3.63) is 45.6 Å². The molecule has 90 valence electrons. The summed E-state index contributed by atoms with van der Waals surface area (Å²) in [5.41, 5.74) is 8.85. The van der Waals surface area contributed by atoms with Gasteiger partial charge in [0.15, 0.2) is 0 Å². The number of nitrogens with two attached hydrogens (primary N) is 1. The second kappa shape index (κ2) is 5.23. The van der Waals surface area contributed by atoms with Crippen molar-refractivity contribution in [2.75, 3.05) is 12.3 Å². The van der Waals surface area contributed by atoms with E-state index in [0.29, 0.717) is 6.61 Å². The van der Waals surface area contributed by atoms with E-state index >= 15 is 0 Å². The van der Waals surface area contributed by atoms with Crippen molar-refractivity contribution < 1.29 is 4.74 Å². The van der Waals surface area contributed by atoms with Crippen LogP contribution in [0.3, 0.4) is 0 Å². The van der Waals surface area contributed by atoms with Crippen LogP contribution in [0.2, 0.25) is 0 Å². The predicted octanol–water partition coefficient (Wildman–Crippen LogP) is 3.57. The van der Waals surface area contributed by atoms with Gasteiger partial charge in [0.05, 0.1) is 6.61 Å². The zero-order chi connectivity index (χ0) is 12.3. The van der Waals surface area contributed by atoms with Crippen LogP contribution < -0.4 is 10.5 Å². The van der Waals surface area contributed by atoms with E-state index in [1.165, 1.54) is 4.88 Å². The third-order valence-corrected chi connectivity index (χ3v) is 3.76. The number of ether oxygens (including phenoxy) is 1. The normalized spacial score (nSPS) is 10.5. The van der Waals surface area contributed by atoms with E-state index in [9.17, 15) is 0 Å². The standard InChI is InChI=1S/C14H17NOS/c1-10-5-6-13(15)11(2)14(10)16-8-7-12-4-3-9-17-12/h3-6,9H,7-8,15H2,1-2H3. The summed E-state index contributed by atoms with van der Waals surface area (Å²) in [5.74, 6) is 0.932. The van der Waals surface area contributed by atoms with Crippen molar-refractivity contribution in [1.82, 2.24) is 0 Å². The van der Waals surface area contributed by atoms with Crippen LogP contribution in [0.5, 0.6) is 5.75 Å². The number of anilines is 1. The molecule has 1 heterocycles. The summed E-state index contributed by atoms with van der Waals surface area (Å²) in [6.45, 7) is 4.75. The Balaban J connectivity index is 2.01. The number of nitrogen functional groups attached to an aromatic ring is 1. The molecule has 1 aromatic heterocycles. The highest BCUT2D eigenvalue weighted by molar-refractivity contribution is 7.09. The molecule has 2 aromatic rings. The molecule has 0 aliphatic carbocycles. The van der Waals surface area contributed by atoms with Crippen LogP contribution in [0.15, 0.2) is 29.6 Å². The second-order valence-electron chi connectivity index (χ2n) is 4.10. The molecular formula is C14H17NOS. The van der Waals surface area contributed by atoms with E-state index in [1.54, 1.807) is 11.3 Å². The summed E-state index contributed by atoms with van der Waals surface area (Å²) in [7, 11) is 0. The Bertz CT molecular complexity index is 491. The maximum absolute atomic E-state index is 5.88. The largest absolute Gasteiger partial charge is 0.493 e. The van der Waals surface area contributed by atoms with Gasteiger partial charge in [-0.2, -0.15) is 0 Å². The summed E-state index contributed by atoms with van der Waals surface area (Å²) >= 11 is 1.76. The number of hydrogen-bond donors (Lipinski definition) is 1. The summed E-state index contributed by atoms with van der Waals surface area (Å²) in [4.78, 5) is 1.35. The highest BCUT2D eigenvalue weighted by atomic mass is 32.1. The van der Waals surface area contributed by atoms with E-state index in [0.717, 1.165) is 29.0 Å². The molecule has 2 rings (SSSR count). The van der Waals surface area contributed by atoms with Gasteiger partial charge in [0.1, 0.15) is 5.75 Å². The Hall–Kier alpha value is -1.48. The molecule has 0 radical (unpaired) electrons. The third-order valence-electron chi connectivity index (χ3n) is 2.82. The van der Waals surface area contributed by atoms with Gasteiger partial charge in [0.2, 0.25) is 0 Å². The van der Waals surface area contributed by atoms with Crippen LogP contribution in [0, 0.1) is 13.8 Å². The van der Waals surface area contributed by atoms with Crippen LogP contribution in [0.25, 0.3) is 0 Å².